The van der Waals surface area contributed by atoms with Gasteiger partial charge in [0, 0.05) is 30.4 Å². The van der Waals surface area contributed by atoms with E-state index in [-0.39, 0.29) is 17.4 Å². The molecule has 0 spiro atoms. The van der Waals surface area contributed by atoms with Crippen LogP contribution in [0, 0.1) is 12.0 Å². The van der Waals surface area contributed by atoms with Crippen LogP contribution in [0.5, 0.6) is 0 Å². The minimum atomic E-state index is -0.531. The summed E-state index contributed by atoms with van der Waals surface area (Å²) in [5.41, 5.74) is 2.62. The fourth-order valence-corrected chi connectivity index (χ4v) is 3.57. The van der Waals surface area contributed by atoms with Crippen molar-refractivity contribution in [3.8, 4) is 0 Å². The summed E-state index contributed by atoms with van der Waals surface area (Å²) in [6.07, 6.45) is 4.83. The monoisotopic (exact) mass is 458 g/mol. The number of hydrogen-bond acceptors (Lipinski definition) is 6. The number of aromatic nitrogens is 3. The summed E-state index contributed by atoms with van der Waals surface area (Å²) in [5, 5.41) is 3.19. The summed E-state index contributed by atoms with van der Waals surface area (Å²) >= 11 is 0. The Hall–Kier alpha value is -4.03. The Balaban J connectivity index is 1.51. The standard InChI is InChI=1S/C25H26N6O3/c1-25(2,3)22(32)18-14-27-23-21(18)30-20(15-28-23)29-17-7-5-16(6-8-17)13-19(26-4)24(33)31-9-11-34-12-10-31/h5-8,13-15H,9-12H2,1-3H3,(H,27,28)(H,29,30)/b19-13+. The number of nitrogens with one attached hydrogen (secondary N) is 2. The van der Waals surface area contributed by atoms with Crippen LogP contribution in [0.15, 0.2) is 42.4 Å². The van der Waals surface area contributed by atoms with E-state index in [9.17, 15) is 9.59 Å². The summed E-state index contributed by atoms with van der Waals surface area (Å²) in [5.74, 6) is 0.211. The van der Waals surface area contributed by atoms with Gasteiger partial charge in [-0.25, -0.2) is 14.8 Å². The normalized spacial score (nSPS) is 14.6. The number of carbonyl (C=O) groups excluding carboxylic acids is 2. The molecule has 1 amide bonds. The molecule has 1 saturated heterocycles. The van der Waals surface area contributed by atoms with Crippen LogP contribution in [-0.4, -0.2) is 57.8 Å². The Bertz CT molecular complexity index is 1290. The molecule has 0 radical (unpaired) electrons. The average molecular weight is 459 g/mol. The molecule has 1 aliphatic rings. The number of hydrogen-bond donors (Lipinski definition) is 2. The van der Waals surface area contributed by atoms with E-state index in [1.54, 1.807) is 23.4 Å². The van der Waals surface area contributed by atoms with E-state index in [2.05, 4.69) is 25.1 Å². The molecule has 0 saturated carbocycles. The number of Topliss-reactive ketones (excluding diaryl/α,β-unsaturated/α-hetero) is 1. The molecule has 0 unspecified atom stereocenters. The highest BCUT2D eigenvalue weighted by Gasteiger charge is 2.26. The van der Waals surface area contributed by atoms with Crippen molar-refractivity contribution in [3.05, 3.63) is 64.9 Å². The summed E-state index contributed by atoms with van der Waals surface area (Å²) in [6, 6.07) is 7.29. The second-order valence-corrected chi connectivity index (χ2v) is 9.03. The Labute approximate surface area is 197 Å². The molecule has 2 aromatic heterocycles. The molecule has 9 heteroatoms. The fraction of sp³-hybridized carbons (Fsp3) is 0.320. The smallest absolute Gasteiger partial charge is 0.253 e. The van der Waals surface area contributed by atoms with Crippen molar-refractivity contribution in [1.29, 1.82) is 0 Å². The van der Waals surface area contributed by atoms with Crippen LogP contribution >= 0.6 is 0 Å². The third-order valence-electron chi connectivity index (χ3n) is 5.43. The minimum absolute atomic E-state index is 0.0106. The number of morpholine rings is 1. The van der Waals surface area contributed by atoms with E-state index in [4.69, 9.17) is 11.3 Å². The molecule has 4 rings (SSSR count). The molecule has 0 aliphatic carbocycles. The van der Waals surface area contributed by atoms with E-state index in [0.717, 1.165) is 11.3 Å². The van der Waals surface area contributed by atoms with Crippen LogP contribution in [0.25, 0.3) is 22.1 Å². The quantitative estimate of drug-likeness (QED) is 0.340. The van der Waals surface area contributed by atoms with Crippen LogP contribution in [-0.2, 0) is 9.53 Å². The fourth-order valence-electron chi connectivity index (χ4n) is 3.57. The number of nitrogens with zero attached hydrogens (tertiary/aromatic N) is 4. The molecular weight excluding hydrogens is 432 g/mol. The average Bonchev–Trinajstić information content (AvgIpc) is 3.25. The Morgan fingerprint density at radius 3 is 2.56 bits per heavy atom. The number of aromatic amines is 1. The van der Waals surface area contributed by atoms with E-state index in [1.165, 1.54) is 0 Å². The zero-order chi connectivity index (χ0) is 24.3. The Kier molecular flexibility index (Phi) is 6.43. The minimum Gasteiger partial charge on any atom is -0.378 e. The molecule has 2 N–H and O–H groups in total. The number of rotatable bonds is 5. The number of ether oxygens (including phenoxy) is 1. The van der Waals surface area contributed by atoms with Crippen molar-refractivity contribution in [1.82, 2.24) is 19.9 Å². The van der Waals surface area contributed by atoms with Crippen LogP contribution in [0.4, 0.5) is 11.5 Å². The summed E-state index contributed by atoms with van der Waals surface area (Å²) < 4.78 is 5.27. The van der Waals surface area contributed by atoms with Gasteiger partial charge in [0.15, 0.2) is 11.4 Å². The molecule has 0 bridgehead atoms. The summed E-state index contributed by atoms with van der Waals surface area (Å²) in [7, 11) is 0. The van der Waals surface area contributed by atoms with Gasteiger partial charge in [-0.3, -0.25) is 9.59 Å². The van der Waals surface area contributed by atoms with Crippen molar-refractivity contribution in [2.45, 2.75) is 20.8 Å². The molecule has 1 fully saturated rings. The number of amides is 1. The van der Waals surface area contributed by atoms with Gasteiger partial charge < -0.3 is 19.9 Å². The first kappa shape index (κ1) is 23.1. The van der Waals surface area contributed by atoms with Gasteiger partial charge in [-0.1, -0.05) is 32.9 Å². The van der Waals surface area contributed by atoms with Gasteiger partial charge in [0.1, 0.15) is 11.3 Å². The predicted molar refractivity (Wildman–Crippen MR) is 129 cm³/mol. The maximum absolute atomic E-state index is 12.7. The number of carbonyl (C=O) groups is 2. The van der Waals surface area contributed by atoms with Crippen molar-refractivity contribution in [2.75, 3.05) is 31.6 Å². The first-order valence-electron chi connectivity index (χ1n) is 11.0. The lowest BCUT2D eigenvalue weighted by molar-refractivity contribution is -0.130. The number of ketones is 1. The lowest BCUT2D eigenvalue weighted by Crippen LogP contribution is -2.41. The maximum atomic E-state index is 12.7. The zero-order valence-corrected chi connectivity index (χ0v) is 19.4. The highest BCUT2D eigenvalue weighted by Crippen LogP contribution is 2.26. The highest BCUT2D eigenvalue weighted by atomic mass is 16.5. The van der Waals surface area contributed by atoms with Crippen LogP contribution in [0.2, 0.25) is 0 Å². The van der Waals surface area contributed by atoms with E-state index < -0.39 is 5.41 Å². The Morgan fingerprint density at radius 2 is 1.91 bits per heavy atom. The molecule has 1 aromatic carbocycles. The number of benzene rings is 1. The first-order chi connectivity index (χ1) is 16.3. The van der Waals surface area contributed by atoms with E-state index >= 15 is 0 Å². The third-order valence-corrected chi connectivity index (χ3v) is 5.43. The van der Waals surface area contributed by atoms with Crippen LogP contribution in [0.1, 0.15) is 36.7 Å². The van der Waals surface area contributed by atoms with Crippen molar-refractivity contribution >= 4 is 40.4 Å². The second kappa shape index (κ2) is 9.45. The van der Waals surface area contributed by atoms with E-state index in [1.807, 2.05) is 45.0 Å². The van der Waals surface area contributed by atoms with Gasteiger partial charge >= 0.3 is 0 Å². The molecule has 3 aromatic rings. The topological polar surface area (TPSA) is 105 Å². The molecule has 0 atom stereocenters. The highest BCUT2D eigenvalue weighted by molar-refractivity contribution is 6.08. The van der Waals surface area contributed by atoms with Gasteiger partial charge in [0.2, 0.25) is 0 Å². The second-order valence-electron chi connectivity index (χ2n) is 9.03. The number of H-pyrrole nitrogens is 1. The molecule has 1 aliphatic heterocycles. The predicted octanol–water partition coefficient (Wildman–Crippen LogP) is 4.05. The van der Waals surface area contributed by atoms with Crippen LogP contribution in [0.3, 0.4) is 0 Å². The van der Waals surface area contributed by atoms with Crippen molar-refractivity contribution in [2.24, 2.45) is 5.41 Å². The van der Waals surface area contributed by atoms with Gasteiger partial charge in [-0.15, -0.1) is 0 Å². The van der Waals surface area contributed by atoms with Gasteiger partial charge in [-0.05, 0) is 23.8 Å². The first-order valence-corrected chi connectivity index (χ1v) is 11.0. The number of anilines is 2. The zero-order valence-electron chi connectivity index (χ0n) is 19.4. The number of fused-ring (bicyclic) bond motifs is 1. The van der Waals surface area contributed by atoms with Crippen LogP contribution < -0.4 is 5.32 Å². The molecule has 9 nitrogen and oxygen atoms in total. The van der Waals surface area contributed by atoms with Gasteiger partial charge in [-0.2, -0.15) is 0 Å². The summed E-state index contributed by atoms with van der Waals surface area (Å²) in [6.45, 7) is 15.0. The van der Waals surface area contributed by atoms with E-state index in [0.29, 0.717) is 48.8 Å². The molecule has 3 heterocycles. The lowest BCUT2D eigenvalue weighted by atomic mass is 9.87. The lowest BCUT2D eigenvalue weighted by Gasteiger charge is -2.26. The molecule has 34 heavy (non-hydrogen) atoms. The Morgan fingerprint density at radius 1 is 1.21 bits per heavy atom. The largest absolute Gasteiger partial charge is 0.378 e. The third kappa shape index (κ3) is 4.97. The summed E-state index contributed by atoms with van der Waals surface area (Å²) in [4.78, 5) is 42.4. The van der Waals surface area contributed by atoms with Crippen molar-refractivity contribution in [3.63, 3.8) is 0 Å². The SMILES string of the molecule is [C-]#[N+]/C(=C/c1ccc(Nc2cnc3[nH]cc(C(=O)C(C)(C)C)c3n2)cc1)C(=O)N1CCOCC1. The maximum Gasteiger partial charge on any atom is 0.253 e. The molecule has 174 valence electrons. The molecular formula is C25H26N6O3. The van der Waals surface area contributed by atoms with Crippen molar-refractivity contribution < 1.29 is 14.3 Å². The van der Waals surface area contributed by atoms with Gasteiger partial charge in [0.05, 0.1) is 31.5 Å². The van der Waals surface area contributed by atoms with Gasteiger partial charge in [0.25, 0.3) is 11.6 Å².